The molecule has 2 rings (SSSR count). The van der Waals surface area contributed by atoms with Crippen molar-refractivity contribution in [2.45, 2.75) is 45.1 Å². The molecule has 1 nitrogen and oxygen atoms in total. The largest absolute Gasteiger partial charge is 0.393 e. The molecule has 0 aromatic heterocycles. The van der Waals surface area contributed by atoms with Crippen molar-refractivity contribution in [3.05, 3.63) is 34.1 Å². The first-order chi connectivity index (χ1) is 8.60. The second kappa shape index (κ2) is 6.16. The van der Waals surface area contributed by atoms with Crippen LogP contribution in [0.2, 0.25) is 0 Å². The lowest BCUT2D eigenvalue weighted by molar-refractivity contribution is 0.0475. The van der Waals surface area contributed by atoms with E-state index in [1.807, 2.05) is 12.1 Å². The zero-order valence-electron chi connectivity index (χ0n) is 10.7. The molecule has 1 aliphatic carbocycles. The maximum atomic E-state index is 13.2. The molecule has 100 valence electrons. The van der Waals surface area contributed by atoms with Crippen LogP contribution in [0.25, 0.3) is 0 Å². The Balaban J connectivity index is 2.04. The number of rotatable bonds is 3. The number of benzene rings is 1. The molecule has 3 atom stereocenters. The molecular formula is C15H20BrFO. The zero-order valence-corrected chi connectivity index (χ0v) is 12.3. The third kappa shape index (κ3) is 3.33. The number of hydrogen-bond donors (Lipinski definition) is 1. The van der Waals surface area contributed by atoms with Crippen LogP contribution in [0.15, 0.2) is 22.7 Å². The lowest BCUT2D eigenvalue weighted by Gasteiger charge is -2.33. The molecule has 0 amide bonds. The molecule has 1 aliphatic rings. The Hall–Kier alpha value is -0.410. The summed E-state index contributed by atoms with van der Waals surface area (Å²) in [5.41, 5.74) is 1.10. The van der Waals surface area contributed by atoms with E-state index in [4.69, 9.17) is 0 Å². The van der Waals surface area contributed by atoms with Crippen LogP contribution in [0.1, 0.15) is 38.2 Å². The highest BCUT2D eigenvalue weighted by Gasteiger charge is 2.28. The Kier molecular flexibility index (Phi) is 4.79. The molecule has 3 heteroatoms. The SMILES string of the molecule is CCC1CCC(O)C(Cc2ccc(F)c(Br)c2)C1. The van der Waals surface area contributed by atoms with Gasteiger partial charge in [-0.05, 0) is 71.1 Å². The molecule has 1 saturated carbocycles. The van der Waals surface area contributed by atoms with E-state index in [0.29, 0.717) is 10.4 Å². The molecule has 1 N–H and O–H groups in total. The van der Waals surface area contributed by atoms with Gasteiger partial charge in [-0.1, -0.05) is 19.4 Å². The van der Waals surface area contributed by atoms with Gasteiger partial charge >= 0.3 is 0 Å². The maximum absolute atomic E-state index is 13.2. The van der Waals surface area contributed by atoms with Crippen LogP contribution in [-0.2, 0) is 6.42 Å². The molecule has 0 radical (unpaired) electrons. The maximum Gasteiger partial charge on any atom is 0.137 e. The van der Waals surface area contributed by atoms with E-state index in [0.717, 1.165) is 37.2 Å². The average molecular weight is 315 g/mol. The summed E-state index contributed by atoms with van der Waals surface area (Å²) in [6, 6.07) is 5.14. The summed E-state index contributed by atoms with van der Waals surface area (Å²) in [4.78, 5) is 0. The average Bonchev–Trinajstić information content (AvgIpc) is 2.36. The van der Waals surface area contributed by atoms with Gasteiger partial charge in [-0.3, -0.25) is 0 Å². The van der Waals surface area contributed by atoms with Crippen molar-refractivity contribution in [1.29, 1.82) is 0 Å². The lowest BCUT2D eigenvalue weighted by Crippen LogP contribution is -2.30. The van der Waals surface area contributed by atoms with Crippen LogP contribution in [0, 0.1) is 17.7 Å². The molecular weight excluding hydrogens is 295 g/mol. The fourth-order valence-corrected chi connectivity index (χ4v) is 3.33. The van der Waals surface area contributed by atoms with Crippen molar-refractivity contribution in [3.8, 4) is 0 Å². The van der Waals surface area contributed by atoms with Crippen LogP contribution in [-0.4, -0.2) is 11.2 Å². The lowest BCUT2D eigenvalue weighted by atomic mass is 9.76. The predicted molar refractivity (Wildman–Crippen MR) is 74.9 cm³/mol. The van der Waals surface area contributed by atoms with Gasteiger partial charge in [-0.2, -0.15) is 0 Å². The van der Waals surface area contributed by atoms with Gasteiger partial charge < -0.3 is 5.11 Å². The number of hydrogen-bond acceptors (Lipinski definition) is 1. The second-order valence-corrected chi connectivity index (χ2v) is 6.22. The molecule has 0 heterocycles. The highest BCUT2D eigenvalue weighted by Crippen LogP contribution is 2.33. The van der Waals surface area contributed by atoms with Gasteiger partial charge in [-0.25, -0.2) is 4.39 Å². The predicted octanol–water partition coefficient (Wildman–Crippen LogP) is 4.32. The molecule has 0 saturated heterocycles. The van der Waals surface area contributed by atoms with E-state index in [2.05, 4.69) is 22.9 Å². The fourth-order valence-electron chi connectivity index (χ4n) is 2.90. The minimum absolute atomic E-state index is 0.198. The minimum atomic E-state index is -0.227. The summed E-state index contributed by atoms with van der Waals surface area (Å²) >= 11 is 3.21. The van der Waals surface area contributed by atoms with E-state index >= 15 is 0 Å². The molecule has 18 heavy (non-hydrogen) atoms. The van der Waals surface area contributed by atoms with Gasteiger partial charge in [0.2, 0.25) is 0 Å². The van der Waals surface area contributed by atoms with Crippen LogP contribution >= 0.6 is 15.9 Å². The summed E-state index contributed by atoms with van der Waals surface area (Å²) in [6.45, 7) is 2.22. The summed E-state index contributed by atoms with van der Waals surface area (Å²) in [5.74, 6) is 0.831. The smallest absolute Gasteiger partial charge is 0.137 e. The highest BCUT2D eigenvalue weighted by molar-refractivity contribution is 9.10. The Labute approximate surface area is 117 Å². The Bertz CT molecular complexity index is 407. The summed E-state index contributed by atoms with van der Waals surface area (Å²) in [5, 5.41) is 10.1. The molecule has 0 bridgehead atoms. The number of aliphatic hydroxyl groups is 1. The van der Waals surface area contributed by atoms with Gasteiger partial charge in [0.05, 0.1) is 10.6 Å². The van der Waals surface area contributed by atoms with Gasteiger partial charge in [0.15, 0.2) is 0 Å². The summed E-state index contributed by atoms with van der Waals surface area (Å²) < 4.78 is 13.7. The first kappa shape index (κ1) is 14.0. The standard InChI is InChI=1S/C15H20BrFO/c1-2-10-4-6-15(18)12(7-10)8-11-3-5-14(17)13(16)9-11/h3,5,9-10,12,15,18H,2,4,6-8H2,1H3. The van der Waals surface area contributed by atoms with Gasteiger partial charge in [0.1, 0.15) is 5.82 Å². The molecule has 1 aromatic rings. The van der Waals surface area contributed by atoms with E-state index in [9.17, 15) is 9.50 Å². The third-order valence-corrected chi connectivity index (χ3v) is 4.72. The van der Waals surface area contributed by atoms with Crippen LogP contribution < -0.4 is 0 Å². The van der Waals surface area contributed by atoms with E-state index in [-0.39, 0.29) is 11.9 Å². The number of aliphatic hydroxyl groups excluding tert-OH is 1. The Morgan fingerprint density at radius 3 is 2.83 bits per heavy atom. The van der Waals surface area contributed by atoms with Gasteiger partial charge in [0.25, 0.3) is 0 Å². The number of halogens is 2. The van der Waals surface area contributed by atoms with Crippen molar-refractivity contribution in [1.82, 2.24) is 0 Å². The fraction of sp³-hybridized carbons (Fsp3) is 0.600. The summed E-state index contributed by atoms with van der Waals surface area (Å²) in [6.07, 6.45) is 4.98. The zero-order chi connectivity index (χ0) is 13.1. The Morgan fingerprint density at radius 1 is 1.39 bits per heavy atom. The topological polar surface area (TPSA) is 20.2 Å². The monoisotopic (exact) mass is 314 g/mol. The van der Waals surface area contributed by atoms with Gasteiger partial charge in [0, 0.05) is 0 Å². The summed E-state index contributed by atoms with van der Waals surface area (Å²) in [7, 11) is 0. The molecule has 0 aliphatic heterocycles. The third-order valence-electron chi connectivity index (χ3n) is 4.11. The first-order valence-electron chi connectivity index (χ1n) is 6.72. The minimum Gasteiger partial charge on any atom is -0.393 e. The van der Waals surface area contributed by atoms with E-state index in [1.165, 1.54) is 12.5 Å². The Morgan fingerprint density at radius 2 is 2.17 bits per heavy atom. The van der Waals surface area contributed by atoms with Crippen LogP contribution in [0.4, 0.5) is 4.39 Å². The van der Waals surface area contributed by atoms with E-state index < -0.39 is 0 Å². The normalized spacial score (nSPS) is 28.3. The molecule has 0 spiro atoms. The van der Waals surface area contributed by atoms with E-state index in [1.54, 1.807) is 0 Å². The first-order valence-corrected chi connectivity index (χ1v) is 7.51. The van der Waals surface area contributed by atoms with Crippen molar-refractivity contribution in [3.63, 3.8) is 0 Å². The quantitative estimate of drug-likeness (QED) is 0.881. The molecule has 1 aromatic carbocycles. The van der Waals surface area contributed by atoms with Gasteiger partial charge in [-0.15, -0.1) is 0 Å². The van der Waals surface area contributed by atoms with Crippen molar-refractivity contribution < 1.29 is 9.50 Å². The van der Waals surface area contributed by atoms with Crippen LogP contribution in [0.3, 0.4) is 0 Å². The molecule has 1 fully saturated rings. The second-order valence-electron chi connectivity index (χ2n) is 5.37. The highest BCUT2D eigenvalue weighted by atomic mass is 79.9. The van der Waals surface area contributed by atoms with Crippen molar-refractivity contribution in [2.24, 2.45) is 11.8 Å². The molecule has 3 unspecified atom stereocenters. The van der Waals surface area contributed by atoms with Crippen LogP contribution in [0.5, 0.6) is 0 Å². The van der Waals surface area contributed by atoms with Crippen molar-refractivity contribution >= 4 is 15.9 Å². The van der Waals surface area contributed by atoms with Crippen molar-refractivity contribution in [2.75, 3.05) is 0 Å².